The molecular weight excluding hydrogens is 414 g/mol. The summed E-state index contributed by atoms with van der Waals surface area (Å²) in [6.45, 7) is 4.15. The van der Waals surface area contributed by atoms with E-state index in [9.17, 15) is 20.1 Å². The largest absolute Gasteiger partial charge is 0.394 e. The fraction of sp³-hybridized carbons (Fsp3) is 0.964. The number of aliphatic hydroxyl groups is 3. The van der Waals surface area contributed by atoms with Crippen LogP contribution >= 0.6 is 0 Å². The normalized spacial score (nSPS) is 14.2. The van der Waals surface area contributed by atoms with E-state index in [0.717, 1.165) is 25.7 Å². The number of hydrogen-bond acceptors (Lipinski definition) is 4. The number of hydrogen-bond donors (Lipinski definition) is 4. The molecular formula is C28H57NO4. The van der Waals surface area contributed by atoms with Gasteiger partial charge in [-0.3, -0.25) is 4.79 Å². The van der Waals surface area contributed by atoms with E-state index in [1.54, 1.807) is 0 Å². The summed E-state index contributed by atoms with van der Waals surface area (Å²) < 4.78 is 0. The Morgan fingerprint density at radius 1 is 0.636 bits per heavy atom. The van der Waals surface area contributed by atoms with Crippen molar-refractivity contribution in [2.24, 2.45) is 0 Å². The van der Waals surface area contributed by atoms with Crippen LogP contribution in [-0.4, -0.2) is 46.1 Å². The SMILES string of the molecule is CCCCCCCCCCCCCCC[C@@H](O)[C@H](CO)NC(=O)CC(O)CCCCCCC. The summed E-state index contributed by atoms with van der Waals surface area (Å²) in [5.74, 6) is -0.292. The van der Waals surface area contributed by atoms with Crippen LogP contribution in [0.15, 0.2) is 0 Å². The molecule has 33 heavy (non-hydrogen) atoms. The molecule has 1 amide bonds. The molecule has 0 spiro atoms. The van der Waals surface area contributed by atoms with Gasteiger partial charge in [-0.15, -0.1) is 0 Å². The Bertz CT molecular complexity index is 419. The van der Waals surface area contributed by atoms with E-state index in [1.807, 2.05) is 0 Å². The zero-order valence-electron chi connectivity index (χ0n) is 22.0. The Hall–Kier alpha value is -0.650. The molecule has 3 atom stereocenters. The minimum atomic E-state index is -0.738. The van der Waals surface area contributed by atoms with Crippen molar-refractivity contribution in [3.05, 3.63) is 0 Å². The zero-order chi connectivity index (χ0) is 24.6. The highest BCUT2D eigenvalue weighted by molar-refractivity contribution is 5.76. The van der Waals surface area contributed by atoms with Gasteiger partial charge in [0, 0.05) is 0 Å². The van der Waals surface area contributed by atoms with E-state index in [0.29, 0.717) is 12.8 Å². The van der Waals surface area contributed by atoms with Gasteiger partial charge in [0.05, 0.1) is 31.3 Å². The number of amides is 1. The quantitative estimate of drug-likeness (QED) is 0.116. The van der Waals surface area contributed by atoms with Gasteiger partial charge in [0.1, 0.15) is 0 Å². The molecule has 0 aliphatic rings. The maximum absolute atomic E-state index is 12.2. The Kier molecular flexibility index (Phi) is 24.0. The molecule has 0 fully saturated rings. The molecule has 0 saturated carbocycles. The van der Waals surface area contributed by atoms with Crippen molar-refractivity contribution in [1.82, 2.24) is 5.32 Å². The first-order chi connectivity index (χ1) is 16.0. The van der Waals surface area contributed by atoms with Gasteiger partial charge in [-0.2, -0.15) is 0 Å². The lowest BCUT2D eigenvalue weighted by Gasteiger charge is -2.23. The van der Waals surface area contributed by atoms with Crippen molar-refractivity contribution < 1.29 is 20.1 Å². The van der Waals surface area contributed by atoms with Crippen LogP contribution in [0.5, 0.6) is 0 Å². The number of carbonyl (C=O) groups is 1. The summed E-state index contributed by atoms with van der Waals surface area (Å²) in [5.41, 5.74) is 0. The molecule has 0 saturated heterocycles. The van der Waals surface area contributed by atoms with E-state index >= 15 is 0 Å². The second-order valence-electron chi connectivity index (χ2n) is 10.0. The van der Waals surface area contributed by atoms with Crippen LogP contribution < -0.4 is 5.32 Å². The van der Waals surface area contributed by atoms with Crippen molar-refractivity contribution in [3.63, 3.8) is 0 Å². The molecule has 0 bridgehead atoms. The molecule has 0 aliphatic heterocycles. The molecule has 0 aromatic carbocycles. The molecule has 5 heteroatoms. The lowest BCUT2D eigenvalue weighted by atomic mass is 10.0. The number of rotatable bonds is 25. The Morgan fingerprint density at radius 3 is 1.45 bits per heavy atom. The highest BCUT2D eigenvalue weighted by atomic mass is 16.3. The summed E-state index contributed by atoms with van der Waals surface area (Å²) in [4.78, 5) is 12.2. The predicted molar refractivity (Wildman–Crippen MR) is 139 cm³/mol. The molecule has 5 nitrogen and oxygen atoms in total. The average molecular weight is 472 g/mol. The topological polar surface area (TPSA) is 89.8 Å². The molecule has 4 N–H and O–H groups in total. The zero-order valence-corrected chi connectivity index (χ0v) is 22.0. The van der Waals surface area contributed by atoms with Crippen molar-refractivity contribution in [3.8, 4) is 0 Å². The van der Waals surface area contributed by atoms with Crippen LogP contribution in [0.25, 0.3) is 0 Å². The van der Waals surface area contributed by atoms with Gasteiger partial charge in [-0.05, 0) is 12.8 Å². The molecule has 1 unspecified atom stereocenters. The molecule has 198 valence electrons. The van der Waals surface area contributed by atoms with Gasteiger partial charge in [0.2, 0.25) is 5.91 Å². The van der Waals surface area contributed by atoms with Gasteiger partial charge in [0.25, 0.3) is 0 Å². The minimum absolute atomic E-state index is 0.0374. The predicted octanol–water partition coefficient (Wildman–Crippen LogP) is 6.42. The standard InChI is InChI=1S/C28H57NO4/c1-3-5-7-9-10-11-12-13-14-15-16-18-20-22-27(32)26(24-30)29-28(33)23-25(31)21-19-17-8-6-4-2/h25-27,30-32H,3-24H2,1-2H3,(H,29,33)/t25?,26-,27+/m0/s1. The maximum atomic E-state index is 12.2. The van der Waals surface area contributed by atoms with Crippen molar-refractivity contribution in [1.29, 1.82) is 0 Å². The van der Waals surface area contributed by atoms with Gasteiger partial charge in [-0.1, -0.05) is 129 Å². The van der Waals surface area contributed by atoms with E-state index in [2.05, 4.69) is 19.2 Å². The smallest absolute Gasteiger partial charge is 0.222 e. The molecule has 0 aliphatic carbocycles. The van der Waals surface area contributed by atoms with Gasteiger partial charge in [-0.25, -0.2) is 0 Å². The molecule has 0 aromatic rings. The average Bonchev–Trinajstić information content (AvgIpc) is 2.80. The monoisotopic (exact) mass is 471 g/mol. The third kappa shape index (κ3) is 21.6. The fourth-order valence-corrected chi connectivity index (χ4v) is 4.40. The Labute approximate surface area is 205 Å². The highest BCUT2D eigenvalue weighted by Crippen LogP contribution is 2.14. The first-order valence-electron chi connectivity index (χ1n) is 14.3. The van der Waals surface area contributed by atoms with Crippen LogP contribution in [-0.2, 0) is 4.79 Å². The Balaban J connectivity index is 3.71. The summed E-state index contributed by atoms with van der Waals surface area (Å²) >= 11 is 0. The first-order valence-corrected chi connectivity index (χ1v) is 14.3. The van der Waals surface area contributed by atoms with Gasteiger partial charge in [0.15, 0.2) is 0 Å². The van der Waals surface area contributed by atoms with E-state index in [4.69, 9.17) is 0 Å². The van der Waals surface area contributed by atoms with Crippen molar-refractivity contribution in [2.75, 3.05) is 6.61 Å². The molecule has 0 rings (SSSR count). The number of carbonyl (C=O) groups excluding carboxylic acids is 1. The second-order valence-corrected chi connectivity index (χ2v) is 10.0. The lowest BCUT2D eigenvalue weighted by Crippen LogP contribution is -2.46. The minimum Gasteiger partial charge on any atom is -0.394 e. The van der Waals surface area contributed by atoms with E-state index < -0.39 is 18.2 Å². The van der Waals surface area contributed by atoms with Crippen molar-refractivity contribution in [2.45, 2.75) is 167 Å². The molecule has 0 heterocycles. The van der Waals surface area contributed by atoms with E-state index in [1.165, 1.54) is 89.9 Å². The summed E-state index contributed by atoms with van der Waals surface area (Å²) in [6.07, 6.45) is 22.1. The summed E-state index contributed by atoms with van der Waals surface area (Å²) in [6, 6.07) is -0.647. The Morgan fingerprint density at radius 2 is 1.03 bits per heavy atom. The van der Waals surface area contributed by atoms with Gasteiger partial charge >= 0.3 is 0 Å². The summed E-state index contributed by atoms with van der Waals surface area (Å²) in [7, 11) is 0. The van der Waals surface area contributed by atoms with Crippen LogP contribution in [0.4, 0.5) is 0 Å². The summed E-state index contributed by atoms with van der Waals surface area (Å²) in [5, 5.41) is 32.7. The highest BCUT2D eigenvalue weighted by Gasteiger charge is 2.21. The van der Waals surface area contributed by atoms with E-state index in [-0.39, 0.29) is 18.9 Å². The molecule has 0 radical (unpaired) electrons. The fourth-order valence-electron chi connectivity index (χ4n) is 4.40. The molecule has 0 aromatic heterocycles. The van der Waals surface area contributed by atoms with Crippen LogP contribution in [0.1, 0.15) is 149 Å². The third-order valence-electron chi connectivity index (χ3n) is 6.67. The first kappa shape index (κ1) is 32.4. The number of unbranched alkanes of at least 4 members (excludes halogenated alkanes) is 16. The van der Waals surface area contributed by atoms with Gasteiger partial charge < -0.3 is 20.6 Å². The van der Waals surface area contributed by atoms with Crippen molar-refractivity contribution >= 4 is 5.91 Å². The number of nitrogens with one attached hydrogen (secondary N) is 1. The second kappa shape index (κ2) is 24.5. The van der Waals surface area contributed by atoms with Crippen LogP contribution in [0, 0.1) is 0 Å². The van der Waals surface area contributed by atoms with Crippen LogP contribution in [0.3, 0.4) is 0 Å². The lowest BCUT2D eigenvalue weighted by molar-refractivity contribution is -0.125. The number of aliphatic hydroxyl groups excluding tert-OH is 3. The van der Waals surface area contributed by atoms with Crippen LogP contribution in [0.2, 0.25) is 0 Å². The maximum Gasteiger partial charge on any atom is 0.222 e. The third-order valence-corrected chi connectivity index (χ3v) is 6.67.